The first-order valence-corrected chi connectivity index (χ1v) is 5.37. The number of hydrazine groups is 1. The number of carbonyl (C=O) groups excluding carboxylic acids is 1. The Morgan fingerprint density at radius 2 is 2.24 bits per heavy atom. The molecule has 0 aromatic carbocycles. The molecule has 0 spiro atoms. The van der Waals surface area contributed by atoms with Crippen molar-refractivity contribution in [1.82, 2.24) is 15.3 Å². The lowest BCUT2D eigenvalue weighted by Crippen LogP contribution is -2.36. The molecule has 1 rings (SSSR count). The normalized spacial score (nSPS) is 9.88. The number of nitrogens with two attached hydrogens (primary N) is 1. The zero-order valence-electron chi connectivity index (χ0n) is 10.3. The summed E-state index contributed by atoms with van der Waals surface area (Å²) in [5, 5.41) is 2.58. The first kappa shape index (κ1) is 13.2. The second kappa shape index (κ2) is 6.00. The van der Waals surface area contributed by atoms with Gasteiger partial charge in [-0.3, -0.25) is 4.79 Å². The highest BCUT2D eigenvalue weighted by Crippen LogP contribution is 2.20. The van der Waals surface area contributed by atoms with E-state index in [1.165, 1.54) is 6.33 Å². The molecule has 0 aliphatic rings. The van der Waals surface area contributed by atoms with Crippen molar-refractivity contribution >= 4 is 17.5 Å². The van der Waals surface area contributed by atoms with Gasteiger partial charge in [0.15, 0.2) is 0 Å². The number of nitrogens with one attached hydrogen (secondary N) is 2. The van der Waals surface area contributed by atoms with Crippen LogP contribution in [0.2, 0.25) is 0 Å². The standard InChI is InChI=1S/C10H18N6O/c1-4-16(5-8(17)12-3)10-7(2)9(15-11)13-6-14-10/h6H,4-5,11H2,1-3H3,(H,12,17)(H,13,14,15). The summed E-state index contributed by atoms with van der Waals surface area (Å²) in [4.78, 5) is 21.4. The minimum Gasteiger partial charge on any atom is -0.358 e. The Balaban J connectivity index is 2.99. The van der Waals surface area contributed by atoms with Gasteiger partial charge in [0.1, 0.15) is 18.0 Å². The maximum Gasteiger partial charge on any atom is 0.239 e. The Morgan fingerprint density at radius 1 is 1.53 bits per heavy atom. The van der Waals surface area contributed by atoms with Crippen molar-refractivity contribution in [2.24, 2.45) is 5.84 Å². The second-order valence-corrected chi connectivity index (χ2v) is 3.50. The highest BCUT2D eigenvalue weighted by molar-refractivity contribution is 5.81. The largest absolute Gasteiger partial charge is 0.358 e. The quantitative estimate of drug-likeness (QED) is 0.479. The number of nitrogen functional groups attached to an aromatic ring is 1. The van der Waals surface area contributed by atoms with Gasteiger partial charge in [0.2, 0.25) is 5.91 Å². The van der Waals surface area contributed by atoms with Crippen molar-refractivity contribution in [3.63, 3.8) is 0 Å². The molecule has 1 amide bonds. The Morgan fingerprint density at radius 3 is 2.76 bits per heavy atom. The molecular formula is C10H18N6O. The molecule has 0 radical (unpaired) electrons. The number of nitrogens with zero attached hydrogens (tertiary/aromatic N) is 3. The van der Waals surface area contributed by atoms with E-state index in [2.05, 4.69) is 20.7 Å². The van der Waals surface area contributed by atoms with Crippen molar-refractivity contribution in [3.05, 3.63) is 11.9 Å². The molecule has 1 aromatic heterocycles. The van der Waals surface area contributed by atoms with Crippen LogP contribution >= 0.6 is 0 Å². The molecule has 0 saturated heterocycles. The molecule has 0 bridgehead atoms. The van der Waals surface area contributed by atoms with E-state index in [1.54, 1.807) is 7.05 Å². The molecule has 94 valence electrons. The van der Waals surface area contributed by atoms with E-state index < -0.39 is 0 Å². The summed E-state index contributed by atoms with van der Waals surface area (Å²) >= 11 is 0. The van der Waals surface area contributed by atoms with Crippen LogP contribution in [0.1, 0.15) is 12.5 Å². The highest BCUT2D eigenvalue weighted by atomic mass is 16.1. The molecule has 17 heavy (non-hydrogen) atoms. The number of likely N-dealkylation sites (N-methyl/N-ethyl adjacent to an activating group) is 2. The van der Waals surface area contributed by atoms with E-state index in [9.17, 15) is 4.79 Å². The molecule has 0 unspecified atom stereocenters. The van der Waals surface area contributed by atoms with Gasteiger partial charge < -0.3 is 15.6 Å². The number of hydrogen-bond acceptors (Lipinski definition) is 6. The summed E-state index contributed by atoms with van der Waals surface area (Å²) < 4.78 is 0. The number of aromatic nitrogens is 2. The summed E-state index contributed by atoms with van der Waals surface area (Å²) in [7, 11) is 1.61. The van der Waals surface area contributed by atoms with Crippen molar-refractivity contribution in [2.45, 2.75) is 13.8 Å². The maximum atomic E-state index is 11.4. The lowest BCUT2D eigenvalue weighted by Gasteiger charge is -2.23. The fourth-order valence-corrected chi connectivity index (χ4v) is 1.49. The van der Waals surface area contributed by atoms with Crippen molar-refractivity contribution < 1.29 is 4.79 Å². The van der Waals surface area contributed by atoms with E-state index in [-0.39, 0.29) is 12.5 Å². The lowest BCUT2D eigenvalue weighted by molar-refractivity contribution is -0.119. The van der Waals surface area contributed by atoms with Gasteiger partial charge in [0.25, 0.3) is 0 Å². The van der Waals surface area contributed by atoms with Crippen LogP contribution in [0, 0.1) is 6.92 Å². The maximum absolute atomic E-state index is 11.4. The van der Waals surface area contributed by atoms with E-state index in [4.69, 9.17) is 5.84 Å². The van der Waals surface area contributed by atoms with Gasteiger partial charge in [-0.25, -0.2) is 15.8 Å². The zero-order valence-corrected chi connectivity index (χ0v) is 10.3. The van der Waals surface area contributed by atoms with Crippen LogP contribution in [0.25, 0.3) is 0 Å². The molecule has 0 atom stereocenters. The SMILES string of the molecule is CCN(CC(=O)NC)c1ncnc(NN)c1C. The van der Waals surface area contributed by atoms with Gasteiger partial charge in [-0.05, 0) is 13.8 Å². The first-order valence-electron chi connectivity index (χ1n) is 5.37. The van der Waals surface area contributed by atoms with Gasteiger partial charge in [-0.2, -0.15) is 0 Å². The Kier molecular flexibility index (Phi) is 4.65. The molecule has 0 aliphatic heterocycles. The third kappa shape index (κ3) is 3.04. The molecule has 1 aromatic rings. The van der Waals surface area contributed by atoms with Crippen LogP contribution < -0.4 is 21.5 Å². The first-order chi connectivity index (χ1) is 8.13. The number of anilines is 2. The minimum absolute atomic E-state index is 0.0629. The summed E-state index contributed by atoms with van der Waals surface area (Å²) in [6.07, 6.45) is 1.42. The fraction of sp³-hybridized carbons (Fsp3) is 0.500. The summed E-state index contributed by atoms with van der Waals surface area (Å²) in [5.41, 5.74) is 3.32. The summed E-state index contributed by atoms with van der Waals surface area (Å²) in [6, 6.07) is 0. The molecule has 7 nitrogen and oxygen atoms in total. The molecule has 0 saturated carbocycles. The minimum atomic E-state index is -0.0629. The van der Waals surface area contributed by atoms with Crippen LogP contribution in [-0.2, 0) is 4.79 Å². The van der Waals surface area contributed by atoms with E-state index in [0.717, 1.165) is 5.56 Å². The third-order valence-electron chi connectivity index (χ3n) is 2.49. The van der Waals surface area contributed by atoms with Crippen LogP contribution in [0.15, 0.2) is 6.33 Å². The van der Waals surface area contributed by atoms with E-state index >= 15 is 0 Å². The third-order valence-corrected chi connectivity index (χ3v) is 2.49. The lowest BCUT2D eigenvalue weighted by atomic mass is 10.3. The summed E-state index contributed by atoms with van der Waals surface area (Å²) in [6.45, 7) is 4.75. The van der Waals surface area contributed by atoms with Crippen molar-refractivity contribution in [3.8, 4) is 0 Å². The van der Waals surface area contributed by atoms with Gasteiger partial charge >= 0.3 is 0 Å². The monoisotopic (exact) mass is 238 g/mol. The number of rotatable bonds is 5. The number of amides is 1. The number of carbonyl (C=O) groups is 1. The summed E-state index contributed by atoms with van der Waals surface area (Å²) in [5.74, 6) is 6.56. The molecular weight excluding hydrogens is 220 g/mol. The van der Waals surface area contributed by atoms with E-state index in [0.29, 0.717) is 18.2 Å². The van der Waals surface area contributed by atoms with Crippen LogP contribution in [0.3, 0.4) is 0 Å². The number of hydrogen-bond donors (Lipinski definition) is 3. The smallest absolute Gasteiger partial charge is 0.239 e. The average Bonchev–Trinajstić information content (AvgIpc) is 2.36. The predicted molar refractivity (Wildman–Crippen MR) is 66.5 cm³/mol. The van der Waals surface area contributed by atoms with Gasteiger partial charge in [-0.15, -0.1) is 0 Å². The Hall–Kier alpha value is -1.89. The predicted octanol–water partition coefficient (Wildman–Crippen LogP) is -0.357. The van der Waals surface area contributed by atoms with Crippen LogP contribution in [0.5, 0.6) is 0 Å². The zero-order chi connectivity index (χ0) is 12.8. The van der Waals surface area contributed by atoms with Gasteiger partial charge in [-0.1, -0.05) is 0 Å². The van der Waals surface area contributed by atoms with Crippen LogP contribution in [0.4, 0.5) is 11.6 Å². The fourth-order valence-electron chi connectivity index (χ4n) is 1.49. The van der Waals surface area contributed by atoms with Crippen molar-refractivity contribution in [1.29, 1.82) is 0 Å². The average molecular weight is 238 g/mol. The molecule has 1 heterocycles. The van der Waals surface area contributed by atoms with Crippen LogP contribution in [-0.4, -0.2) is 36.0 Å². The molecule has 0 aliphatic carbocycles. The second-order valence-electron chi connectivity index (χ2n) is 3.50. The van der Waals surface area contributed by atoms with Gasteiger partial charge in [0.05, 0.1) is 6.54 Å². The van der Waals surface area contributed by atoms with Gasteiger partial charge in [0, 0.05) is 19.2 Å². The Bertz CT molecular complexity index is 394. The topological polar surface area (TPSA) is 96.2 Å². The molecule has 0 fully saturated rings. The molecule has 4 N–H and O–H groups in total. The molecule has 7 heteroatoms. The highest BCUT2D eigenvalue weighted by Gasteiger charge is 2.14. The Labute approximate surface area is 100 Å². The van der Waals surface area contributed by atoms with E-state index in [1.807, 2.05) is 18.7 Å². The van der Waals surface area contributed by atoms with Crippen molar-refractivity contribution in [2.75, 3.05) is 30.5 Å².